The molecule has 0 bridgehead atoms. The molecule has 1 atom stereocenters. The van der Waals surface area contributed by atoms with Crippen molar-refractivity contribution in [3.05, 3.63) is 36.2 Å². The van der Waals surface area contributed by atoms with E-state index in [4.69, 9.17) is 0 Å². The fourth-order valence-corrected chi connectivity index (χ4v) is 1.47. The normalized spacial score (nSPS) is 13.4. The molecule has 2 heterocycles. The highest BCUT2D eigenvalue weighted by molar-refractivity contribution is 5.51. The summed E-state index contributed by atoms with van der Waals surface area (Å²) >= 11 is 0. The second kappa shape index (κ2) is 3.38. The van der Waals surface area contributed by atoms with Gasteiger partial charge in [0.2, 0.25) is 0 Å². The Hall–Kier alpha value is -1.42. The maximum absolute atomic E-state index is 12.8. The van der Waals surface area contributed by atoms with Gasteiger partial charge in [-0.2, -0.15) is 0 Å². The van der Waals surface area contributed by atoms with E-state index in [1.165, 1.54) is 12.3 Å². The third-order valence-corrected chi connectivity index (χ3v) is 2.06. The number of aliphatic hydroxyl groups excluding tert-OH is 1. The van der Waals surface area contributed by atoms with Gasteiger partial charge in [-0.3, -0.25) is 0 Å². The molecule has 0 aliphatic carbocycles. The Balaban J connectivity index is 2.47. The molecule has 0 saturated carbocycles. The molecular weight excluding hydrogens is 183 g/mol. The molecule has 0 fully saturated rings. The van der Waals surface area contributed by atoms with E-state index in [2.05, 4.69) is 4.98 Å². The van der Waals surface area contributed by atoms with Crippen LogP contribution in [0.15, 0.2) is 24.7 Å². The Labute approximate surface area is 80.8 Å². The number of nitrogens with zero attached hydrogens (tertiary/aromatic N) is 2. The van der Waals surface area contributed by atoms with Crippen molar-refractivity contribution < 1.29 is 9.50 Å². The zero-order valence-corrected chi connectivity index (χ0v) is 7.81. The second-order valence-electron chi connectivity index (χ2n) is 3.38. The Kier molecular flexibility index (Phi) is 2.21. The predicted molar refractivity (Wildman–Crippen MR) is 50.5 cm³/mol. The summed E-state index contributed by atoms with van der Waals surface area (Å²) in [5.41, 5.74) is 1.63. The van der Waals surface area contributed by atoms with Gasteiger partial charge in [-0.1, -0.05) is 0 Å². The molecule has 0 aliphatic heterocycles. The van der Waals surface area contributed by atoms with E-state index in [1.54, 1.807) is 23.7 Å². The van der Waals surface area contributed by atoms with E-state index in [0.29, 0.717) is 6.42 Å². The maximum atomic E-state index is 12.8. The van der Waals surface area contributed by atoms with Crippen LogP contribution in [0.4, 0.5) is 4.39 Å². The van der Waals surface area contributed by atoms with Crippen LogP contribution in [0.25, 0.3) is 5.52 Å². The van der Waals surface area contributed by atoms with E-state index in [9.17, 15) is 9.50 Å². The van der Waals surface area contributed by atoms with Crippen molar-refractivity contribution in [3.63, 3.8) is 0 Å². The average Bonchev–Trinajstić information content (AvgIpc) is 2.47. The molecule has 0 amide bonds. The molecule has 4 heteroatoms. The lowest BCUT2D eigenvalue weighted by Crippen LogP contribution is -2.04. The Morgan fingerprint density at radius 2 is 2.36 bits per heavy atom. The van der Waals surface area contributed by atoms with Crippen LogP contribution in [0.1, 0.15) is 12.6 Å². The van der Waals surface area contributed by atoms with Crippen molar-refractivity contribution in [3.8, 4) is 0 Å². The smallest absolute Gasteiger partial charge is 0.139 e. The summed E-state index contributed by atoms with van der Waals surface area (Å²) in [5.74, 6) is -0.293. The molecule has 1 N–H and O–H groups in total. The van der Waals surface area contributed by atoms with Gasteiger partial charge in [0.05, 0.1) is 23.6 Å². The average molecular weight is 194 g/mol. The highest BCUT2D eigenvalue weighted by Gasteiger charge is 2.07. The van der Waals surface area contributed by atoms with Crippen molar-refractivity contribution in [1.29, 1.82) is 0 Å². The minimum absolute atomic E-state index is 0.293. The summed E-state index contributed by atoms with van der Waals surface area (Å²) in [4.78, 5) is 4.11. The van der Waals surface area contributed by atoms with Gasteiger partial charge in [0.15, 0.2) is 0 Å². The number of pyridine rings is 1. The Morgan fingerprint density at radius 3 is 3.07 bits per heavy atom. The number of aliphatic hydroxyl groups is 1. The van der Waals surface area contributed by atoms with Crippen LogP contribution < -0.4 is 0 Å². The van der Waals surface area contributed by atoms with Crippen molar-refractivity contribution in [1.82, 2.24) is 9.38 Å². The standard InChI is InChI=1S/C10H11FN2O/c1-7(14)4-9-10-3-2-8(11)5-13(10)6-12-9/h2-3,5-7,14H,4H2,1H3. The van der Waals surface area contributed by atoms with Crippen LogP contribution >= 0.6 is 0 Å². The van der Waals surface area contributed by atoms with Crippen molar-refractivity contribution >= 4 is 5.52 Å². The number of fused-ring (bicyclic) bond motifs is 1. The number of rotatable bonds is 2. The first-order valence-electron chi connectivity index (χ1n) is 4.46. The van der Waals surface area contributed by atoms with Gasteiger partial charge in [0.1, 0.15) is 5.82 Å². The number of hydrogen-bond acceptors (Lipinski definition) is 2. The topological polar surface area (TPSA) is 37.5 Å². The van der Waals surface area contributed by atoms with Crippen molar-refractivity contribution in [2.24, 2.45) is 0 Å². The molecule has 0 aromatic carbocycles. The summed E-state index contributed by atoms with van der Waals surface area (Å²) in [6, 6.07) is 3.06. The van der Waals surface area contributed by atoms with Crippen molar-refractivity contribution in [2.45, 2.75) is 19.4 Å². The van der Waals surface area contributed by atoms with Gasteiger partial charge in [0.25, 0.3) is 0 Å². The minimum atomic E-state index is -0.432. The van der Waals surface area contributed by atoms with E-state index >= 15 is 0 Å². The van der Waals surface area contributed by atoms with Crippen LogP contribution in [0, 0.1) is 5.82 Å². The summed E-state index contributed by atoms with van der Waals surface area (Å²) in [7, 11) is 0. The molecule has 0 aliphatic rings. The number of hydrogen-bond donors (Lipinski definition) is 1. The SMILES string of the molecule is CC(O)Cc1ncn2cc(F)ccc12. The zero-order chi connectivity index (χ0) is 10.1. The van der Waals surface area contributed by atoms with Crippen molar-refractivity contribution in [2.75, 3.05) is 0 Å². The van der Waals surface area contributed by atoms with Gasteiger partial charge in [0, 0.05) is 12.6 Å². The molecular formula is C10H11FN2O. The largest absolute Gasteiger partial charge is 0.393 e. The lowest BCUT2D eigenvalue weighted by molar-refractivity contribution is 0.195. The fraction of sp³-hybridized carbons (Fsp3) is 0.300. The van der Waals surface area contributed by atoms with Gasteiger partial charge in [-0.05, 0) is 19.1 Å². The van der Waals surface area contributed by atoms with E-state index in [1.807, 2.05) is 0 Å². The predicted octanol–water partition coefficient (Wildman–Crippen LogP) is 1.40. The fourth-order valence-electron chi connectivity index (χ4n) is 1.47. The lowest BCUT2D eigenvalue weighted by atomic mass is 10.2. The summed E-state index contributed by atoms with van der Waals surface area (Å²) in [6.07, 6.45) is 2.98. The molecule has 2 aromatic heterocycles. The molecule has 0 radical (unpaired) electrons. The lowest BCUT2D eigenvalue weighted by Gasteiger charge is -2.01. The third-order valence-electron chi connectivity index (χ3n) is 2.06. The Morgan fingerprint density at radius 1 is 1.57 bits per heavy atom. The molecule has 0 spiro atoms. The summed E-state index contributed by atoms with van der Waals surface area (Å²) < 4.78 is 14.4. The summed E-state index contributed by atoms with van der Waals surface area (Å²) in [5, 5.41) is 9.21. The van der Waals surface area contributed by atoms with Gasteiger partial charge in [-0.25, -0.2) is 9.37 Å². The zero-order valence-electron chi connectivity index (χ0n) is 7.81. The minimum Gasteiger partial charge on any atom is -0.393 e. The first kappa shape index (κ1) is 9.15. The van der Waals surface area contributed by atoms with Crippen LogP contribution in [-0.2, 0) is 6.42 Å². The molecule has 0 saturated heterocycles. The van der Waals surface area contributed by atoms with Crippen LogP contribution in [0.2, 0.25) is 0 Å². The molecule has 3 nitrogen and oxygen atoms in total. The molecule has 2 rings (SSSR count). The number of halogens is 1. The van der Waals surface area contributed by atoms with E-state index in [0.717, 1.165) is 11.2 Å². The monoisotopic (exact) mass is 194 g/mol. The van der Waals surface area contributed by atoms with Gasteiger partial charge >= 0.3 is 0 Å². The maximum Gasteiger partial charge on any atom is 0.139 e. The molecule has 14 heavy (non-hydrogen) atoms. The number of imidazole rings is 1. The highest BCUT2D eigenvalue weighted by Crippen LogP contribution is 2.12. The molecule has 74 valence electrons. The third kappa shape index (κ3) is 1.61. The summed E-state index contributed by atoms with van der Waals surface area (Å²) in [6.45, 7) is 1.70. The van der Waals surface area contributed by atoms with Gasteiger partial charge < -0.3 is 9.51 Å². The van der Waals surface area contributed by atoms with Crippen LogP contribution in [0.3, 0.4) is 0 Å². The molecule has 1 unspecified atom stereocenters. The number of aromatic nitrogens is 2. The highest BCUT2D eigenvalue weighted by atomic mass is 19.1. The van der Waals surface area contributed by atoms with E-state index < -0.39 is 6.10 Å². The van der Waals surface area contributed by atoms with Crippen LogP contribution in [0.5, 0.6) is 0 Å². The Bertz CT molecular complexity index is 450. The second-order valence-corrected chi connectivity index (χ2v) is 3.38. The quantitative estimate of drug-likeness (QED) is 0.784. The molecule has 2 aromatic rings. The first-order chi connectivity index (χ1) is 6.66. The van der Waals surface area contributed by atoms with Crippen LogP contribution in [-0.4, -0.2) is 20.6 Å². The van der Waals surface area contributed by atoms with Gasteiger partial charge in [-0.15, -0.1) is 0 Å². The first-order valence-corrected chi connectivity index (χ1v) is 4.46. The van der Waals surface area contributed by atoms with E-state index in [-0.39, 0.29) is 5.82 Å².